The molecule has 6 heteroatoms. The number of carbonyl (C=O) groups is 1. The van der Waals surface area contributed by atoms with Crippen LogP contribution in [0.15, 0.2) is 18.2 Å². The summed E-state index contributed by atoms with van der Waals surface area (Å²) in [7, 11) is 0.0345. The highest BCUT2D eigenvalue weighted by molar-refractivity contribution is 7.92. The second-order valence-corrected chi connectivity index (χ2v) is 8.87. The van der Waals surface area contributed by atoms with Crippen molar-refractivity contribution in [2.45, 2.75) is 42.6 Å². The fraction of sp³-hybridized carbons (Fsp3) is 0.588. The van der Waals surface area contributed by atoms with Crippen LogP contribution in [0.1, 0.15) is 42.5 Å². The lowest BCUT2D eigenvalue weighted by Crippen LogP contribution is -2.45. The number of Topliss-reactive ketones (excluding diaryl/α,β-unsaturated/α-hetero) is 1. The summed E-state index contributed by atoms with van der Waals surface area (Å²) in [6.45, 7) is 0. The molecule has 0 N–H and O–H groups in total. The number of hydrogen-bond donors (Lipinski definition) is 0. The minimum absolute atomic E-state index is 0.0173. The summed E-state index contributed by atoms with van der Waals surface area (Å²) < 4.78 is 35.2. The van der Waals surface area contributed by atoms with E-state index in [9.17, 15) is 13.2 Å². The van der Waals surface area contributed by atoms with Gasteiger partial charge in [0.1, 0.15) is 11.5 Å². The number of benzene rings is 1. The first-order chi connectivity index (χ1) is 11.0. The highest BCUT2D eigenvalue weighted by Crippen LogP contribution is 2.41. The Hall–Kier alpha value is -1.56. The summed E-state index contributed by atoms with van der Waals surface area (Å²) in [4.78, 5) is 12.9. The number of rotatable bonds is 4. The minimum atomic E-state index is -3.04. The van der Waals surface area contributed by atoms with E-state index < -0.39 is 9.84 Å². The zero-order valence-electron chi connectivity index (χ0n) is 13.4. The number of carbonyl (C=O) groups excluding carboxylic acids is 1. The molecule has 5 nitrogen and oxygen atoms in total. The van der Waals surface area contributed by atoms with E-state index in [1.807, 2.05) is 0 Å². The zero-order valence-corrected chi connectivity index (χ0v) is 14.3. The van der Waals surface area contributed by atoms with Gasteiger partial charge in [0, 0.05) is 12.0 Å². The van der Waals surface area contributed by atoms with Crippen LogP contribution in [0.5, 0.6) is 11.5 Å². The molecule has 2 unspecified atom stereocenters. The van der Waals surface area contributed by atoms with E-state index in [2.05, 4.69) is 0 Å². The van der Waals surface area contributed by atoms with Crippen molar-refractivity contribution in [3.63, 3.8) is 0 Å². The Balaban J connectivity index is 1.87. The van der Waals surface area contributed by atoms with Gasteiger partial charge in [-0.25, -0.2) is 8.42 Å². The Morgan fingerprint density at radius 2 is 1.74 bits per heavy atom. The normalized spacial score (nSPS) is 28.9. The van der Waals surface area contributed by atoms with Gasteiger partial charge < -0.3 is 9.47 Å². The van der Waals surface area contributed by atoms with Crippen LogP contribution in [0.3, 0.4) is 0 Å². The van der Waals surface area contributed by atoms with Crippen molar-refractivity contribution in [2.24, 2.45) is 5.92 Å². The molecule has 3 rings (SSSR count). The molecule has 2 fully saturated rings. The van der Waals surface area contributed by atoms with Crippen LogP contribution in [0, 0.1) is 5.92 Å². The Morgan fingerprint density at radius 3 is 2.30 bits per heavy atom. The topological polar surface area (TPSA) is 69.7 Å². The van der Waals surface area contributed by atoms with Crippen LogP contribution in [0.4, 0.5) is 0 Å². The van der Waals surface area contributed by atoms with Crippen molar-refractivity contribution in [3.8, 4) is 11.5 Å². The first kappa shape index (κ1) is 16.3. The van der Waals surface area contributed by atoms with E-state index in [0.717, 1.165) is 6.42 Å². The van der Waals surface area contributed by atoms with Crippen molar-refractivity contribution >= 4 is 15.6 Å². The summed E-state index contributed by atoms with van der Waals surface area (Å²) in [5.41, 5.74) is 0.510. The lowest BCUT2D eigenvalue weighted by molar-refractivity contribution is 0.0891. The van der Waals surface area contributed by atoms with Crippen molar-refractivity contribution < 1.29 is 22.7 Å². The summed E-state index contributed by atoms with van der Waals surface area (Å²) in [6, 6.07) is 5.13. The molecule has 0 aromatic heterocycles. The monoisotopic (exact) mass is 338 g/mol. The number of ketones is 1. The molecule has 2 atom stereocenters. The molecule has 0 saturated carbocycles. The molecular formula is C17H22O5S. The third-order valence-electron chi connectivity index (χ3n) is 5.12. The molecule has 1 aromatic carbocycles. The van der Waals surface area contributed by atoms with Gasteiger partial charge in [-0.15, -0.1) is 0 Å². The molecule has 2 saturated heterocycles. The smallest absolute Gasteiger partial charge is 0.169 e. The molecule has 0 radical (unpaired) electrons. The van der Waals surface area contributed by atoms with Crippen molar-refractivity contribution in [1.82, 2.24) is 0 Å². The largest absolute Gasteiger partial charge is 0.497 e. The number of hydrogen-bond acceptors (Lipinski definition) is 5. The maximum absolute atomic E-state index is 12.9. The molecule has 2 heterocycles. The quantitative estimate of drug-likeness (QED) is 0.789. The zero-order chi connectivity index (χ0) is 16.6. The molecule has 0 amide bonds. The lowest BCUT2D eigenvalue weighted by atomic mass is 9.84. The SMILES string of the molecule is COc1ccc(C(=O)C2CC3CCCC(C2)S3(=O)=O)c(OC)c1. The lowest BCUT2D eigenvalue weighted by Gasteiger charge is -2.38. The molecule has 126 valence electrons. The van der Waals surface area contributed by atoms with Crippen molar-refractivity contribution in [3.05, 3.63) is 23.8 Å². The third kappa shape index (κ3) is 2.84. The number of sulfone groups is 1. The highest BCUT2D eigenvalue weighted by atomic mass is 32.2. The van der Waals surface area contributed by atoms with Crippen molar-refractivity contribution in [2.75, 3.05) is 14.2 Å². The Morgan fingerprint density at radius 1 is 1.09 bits per heavy atom. The highest BCUT2D eigenvalue weighted by Gasteiger charge is 2.46. The van der Waals surface area contributed by atoms with Gasteiger partial charge in [0.15, 0.2) is 15.6 Å². The first-order valence-electron chi connectivity index (χ1n) is 7.96. The molecule has 2 aliphatic rings. The molecule has 23 heavy (non-hydrogen) atoms. The van der Waals surface area contributed by atoms with Crippen LogP contribution in [-0.4, -0.2) is 38.9 Å². The van der Waals surface area contributed by atoms with E-state index in [1.165, 1.54) is 7.11 Å². The average Bonchev–Trinajstić information content (AvgIpc) is 2.52. The minimum Gasteiger partial charge on any atom is -0.497 e. The van der Waals surface area contributed by atoms with Gasteiger partial charge in [-0.2, -0.15) is 0 Å². The van der Waals surface area contributed by atoms with Crippen LogP contribution in [0.25, 0.3) is 0 Å². The molecule has 0 aliphatic carbocycles. The number of ether oxygens (including phenoxy) is 2. The van der Waals surface area contributed by atoms with Crippen LogP contribution in [0.2, 0.25) is 0 Å². The Bertz CT molecular complexity index is 690. The Labute approximate surface area is 136 Å². The molecule has 2 bridgehead atoms. The predicted octanol–water partition coefficient (Wildman–Crippen LogP) is 2.63. The summed E-state index contributed by atoms with van der Waals surface area (Å²) in [5, 5.41) is -0.707. The van der Waals surface area contributed by atoms with Gasteiger partial charge in [0.25, 0.3) is 0 Å². The Kier molecular flexibility index (Phi) is 4.36. The second kappa shape index (κ2) is 6.15. The standard InChI is InChI=1S/C17H22O5S/c1-21-12-6-7-15(16(10-12)22-2)17(18)11-8-13-4-3-5-14(9-11)23(13,19)20/h6-7,10-11,13-14H,3-5,8-9H2,1-2H3. The van der Waals surface area contributed by atoms with E-state index in [0.29, 0.717) is 42.7 Å². The number of fused-ring (bicyclic) bond motifs is 2. The molecule has 1 aromatic rings. The maximum atomic E-state index is 12.9. The summed E-state index contributed by atoms with van der Waals surface area (Å²) in [6.07, 6.45) is 3.19. The van der Waals surface area contributed by atoms with Crippen LogP contribution < -0.4 is 9.47 Å². The first-order valence-corrected chi connectivity index (χ1v) is 9.57. The fourth-order valence-electron chi connectivity index (χ4n) is 3.84. The van der Waals surface area contributed by atoms with Gasteiger partial charge in [0.05, 0.1) is 30.3 Å². The van der Waals surface area contributed by atoms with Gasteiger partial charge in [-0.3, -0.25) is 4.79 Å². The van der Waals surface area contributed by atoms with Gasteiger partial charge in [-0.05, 0) is 37.8 Å². The molecule has 2 aliphatic heterocycles. The average molecular weight is 338 g/mol. The van der Waals surface area contributed by atoms with Crippen molar-refractivity contribution in [1.29, 1.82) is 0 Å². The molecule has 0 spiro atoms. The fourth-order valence-corrected chi connectivity index (χ4v) is 6.38. The maximum Gasteiger partial charge on any atom is 0.169 e. The third-order valence-corrected chi connectivity index (χ3v) is 7.84. The molecular weight excluding hydrogens is 316 g/mol. The predicted molar refractivity (Wildman–Crippen MR) is 86.9 cm³/mol. The van der Waals surface area contributed by atoms with E-state index >= 15 is 0 Å². The van der Waals surface area contributed by atoms with E-state index in [4.69, 9.17) is 9.47 Å². The van der Waals surface area contributed by atoms with Gasteiger partial charge >= 0.3 is 0 Å². The summed E-state index contributed by atoms with van der Waals surface area (Å²) in [5.74, 6) is 0.849. The van der Waals surface area contributed by atoms with E-state index in [-0.39, 0.29) is 22.2 Å². The van der Waals surface area contributed by atoms with Crippen LogP contribution in [-0.2, 0) is 9.84 Å². The number of methoxy groups -OCH3 is 2. The van der Waals surface area contributed by atoms with Gasteiger partial charge in [0.2, 0.25) is 0 Å². The van der Waals surface area contributed by atoms with Crippen LogP contribution >= 0.6 is 0 Å². The van der Waals surface area contributed by atoms with Gasteiger partial charge in [-0.1, -0.05) is 6.42 Å². The summed E-state index contributed by atoms with van der Waals surface area (Å²) >= 11 is 0. The second-order valence-electron chi connectivity index (χ2n) is 6.36. The van der Waals surface area contributed by atoms with E-state index in [1.54, 1.807) is 25.3 Å².